The summed E-state index contributed by atoms with van der Waals surface area (Å²) in [5, 5.41) is 0. The Hall–Kier alpha value is -1.97. The topological polar surface area (TPSA) is 60.4 Å². The molecule has 1 aromatic carbocycles. The van der Waals surface area contributed by atoms with E-state index >= 15 is 0 Å². The molecule has 1 fully saturated rings. The molecule has 19 heavy (non-hydrogen) atoms. The molecule has 0 N–H and O–H groups in total. The molecule has 0 amide bonds. The Kier molecular flexibility index (Phi) is 4.10. The van der Waals surface area contributed by atoms with Crippen LogP contribution in [0.4, 0.5) is 0 Å². The summed E-state index contributed by atoms with van der Waals surface area (Å²) < 4.78 is 4.41. The van der Waals surface area contributed by atoms with Crippen LogP contribution >= 0.6 is 0 Å². The molecule has 0 aliphatic heterocycles. The molecule has 0 radical (unpaired) electrons. The highest BCUT2D eigenvalue weighted by atomic mass is 16.5. The normalized spacial score (nSPS) is 22.9. The number of benzene rings is 1. The van der Waals surface area contributed by atoms with Gasteiger partial charge in [0.1, 0.15) is 5.78 Å². The molecule has 2 rings (SSSR count). The lowest BCUT2D eigenvalue weighted by Crippen LogP contribution is -2.35. The molecular weight excluding hydrogens is 244 g/mol. The Balaban J connectivity index is 2.15. The van der Waals surface area contributed by atoms with Gasteiger partial charge in [-0.05, 0) is 24.3 Å². The molecule has 1 saturated carbocycles. The summed E-state index contributed by atoms with van der Waals surface area (Å²) in [4.78, 5) is 34.9. The van der Waals surface area contributed by atoms with Gasteiger partial charge in [0, 0.05) is 6.42 Å². The maximum absolute atomic E-state index is 11.8. The van der Waals surface area contributed by atoms with Crippen molar-refractivity contribution in [3.05, 3.63) is 35.9 Å². The molecule has 1 aliphatic rings. The number of Topliss-reactive ketones (excluding diaryl/α,β-unsaturated/α-hetero) is 2. The first-order valence-electron chi connectivity index (χ1n) is 6.33. The smallest absolute Gasteiger partial charge is 0.375 e. The second-order valence-electron chi connectivity index (χ2n) is 4.76. The summed E-state index contributed by atoms with van der Waals surface area (Å²) in [6.07, 6.45) is 1.47. The lowest BCUT2D eigenvalue weighted by Gasteiger charge is -2.26. The van der Waals surface area contributed by atoms with Gasteiger partial charge >= 0.3 is 5.97 Å². The van der Waals surface area contributed by atoms with E-state index in [1.165, 1.54) is 0 Å². The zero-order chi connectivity index (χ0) is 13.8. The van der Waals surface area contributed by atoms with E-state index in [1.807, 2.05) is 30.3 Å². The monoisotopic (exact) mass is 260 g/mol. The van der Waals surface area contributed by atoms with Crippen molar-refractivity contribution in [2.24, 2.45) is 5.92 Å². The van der Waals surface area contributed by atoms with E-state index in [-0.39, 0.29) is 11.7 Å². The molecule has 0 spiro atoms. The Morgan fingerprint density at radius 2 is 1.89 bits per heavy atom. The number of hydrogen-bond donors (Lipinski definition) is 0. The molecule has 100 valence electrons. The van der Waals surface area contributed by atoms with E-state index in [0.717, 1.165) is 19.1 Å². The number of ketones is 2. The molecule has 0 aromatic heterocycles. The zero-order valence-electron chi connectivity index (χ0n) is 10.8. The summed E-state index contributed by atoms with van der Waals surface area (Å²) in [5.41, 5.74) is 1.11. The second kappa shape index (κ2) is 5.78. The van der Waals surface area contributed by atoms with Gasteiger partial charge in [0.15, 0.2) is 0 Å². The van der Waals surface area contributed by atoms with Crippen LogP contribution in [-0.2, 0) is 19.1 Å². The van der Waals surface area contributed by atoms with Crippen LogP contribution in [-0.4, -0.2) is 24.6 Å². The van der Waals surface area contributed by atoms with Gasteiger partial charge in [-0.15, -0.1) is 0 Å². The van der Waals surface area contributed by atoms with Gasteiger partial charge < -0.3 is 4.74 Å². The summed E-state index contributed by atoms with van der Waals surface area (Å²) in [5.74, 6) is -2.48. The lowest BCUT2D eigenvalue weighted by molar-refractivity contribution is -0.155. The van der Waals surface area contributed by atoms with Crippen molar-refractivity contribution in [3.63, 3.8) is 0 Å². The van der Waals surface area contributed by atoms with Gasteiger partial charge in [-0.25, -0.2) is 4.79 Å². The fraction of sp³-hybridized carbons (Fsp3) is 0.400. The van der Waals surface area contributed by atoms with Crippen LogP contribution in [0, 0.1) is 5.92 Å². The minimum atomic E-state index is -0.924. The minimum absolute atomic E-state index is 0.150. The first-order chi connectivity index (χ1) is 9.13. The van der Waals surface area contributed by atoms with Crippen LogP contribution < -0.4 is 0 Å². The number of esters is 1. The predicted octanol–water partition coefficient (Wildman–Crippen LogP) is 1.88. The highest BCUT2D eigenvalue weighted by Gasteiger charge is 2.37. The number of hydrogen-bond acceptors (Lipinski definition) is 4. The van der Waals surface area contributed by atoms with E-state index in [4.69, 9.17) is 0 Å². The third kappa shape index (κ3) is 2.89. The zero-order valence-corrected chi connectivity index (χ0v) is 10.8. The number of methoxy groups -OCH3 is 1. The van der Waals surface area contributed by atoms with Crippen molar-refractivity contribution in [1.29, 1.82) is 0 Å². The van der Waals surface area contributed by atoms with Crippen LogP contribution in [0.3, 0.4) is 0 Å². The number of ether oxygens (including phenoxy) is 1. The second-order valence-corrected chi connectivity index (χ2v) is 4.76. The molecule has 1 aromatic rings. The molecule has 4 heteroatoms. The summed E-state index contributed by atoms with van der Waals surface area (Å²) in [6, 6.07) is 9.76. The number of carbonyl (C=O) groups is 3. The number of carbonyl (C=O) groups excluding carboxylic acids is 3. The van der Waals surface area contributed by atoms with E-state index in [1.54, 1.807) is 0 Å². The minimum Gasteiger partial charge on any atom is -0.463 e. The molecule has 0 bridgehead atoms. The van der Waals surface area contributed by atoms with E-state index < -0.39 is 17.7 Å². The first-order valence-corrected chi connectivity index (χ1v) is 6.33. The van der Waals surface area contributed by atoms with Gasteiger partial charge in [0.25, 0.3) is 0 Å². The van der Waals surface area contributed by atoms with Crippen LogP contribution in [0.25, 0.3) is 0 Å². The first kappa shape index (κ1) is 13.5. The largest absolute Gasteiger partial charge is 0.463 e. The van der Waals surface area contributed by atoms with Crippen LogP contribution in [0.2, 0.25) is 0 Å². The highest BCUT2D eigenvalue weighted by molar-refractivity contribution is 6.38. The van der Waals surface area contributed by atoms with Crippen molar-refractivity contribution >= 4 is 17.5 Å². The Morgan fingerprint density at radius 1 is 1.21 bits per heavy atom. The van der Waals surface area contributed by atoms with E-state index in [9.17, 15) is 14.4 Å². The standard InChI is InChI=1S/C15H16O4/c1-19-15(18)14(17)12-9-11(7-8-13(12)16)10-5-3-2-4-6-10/h2-6,11-12H,7-9H2,1H3. The van der Waals surface area contributed by atoms with Gasteiger partial charge in [0.05, 0.1) is 13.0 Å². The molecule has 2 atom stereocenters. The fourth-order valence-electron chi connectivity index (χ4n) is 2.55. The highest BCUT2D eigenvalue weighted by Crippen LogP contribution is 2.34. The molecule has 1 aliphatic carbocycles. The molecule has 4 nitrogen and oxygen atoms in total. The SMILES string of the molecule is COC(=O)C(=O)C1CC(c2ccccc2)CCC1=O. The molecular formula is C15H16O4. The maximum atomic E-state index is 11.8. The van der Waals surface area contributed by atoms with Crippen molar-refractivity contribution in [2.75, 3.05) is 7.11 Å². The average Bonchev–Trinajstić information content (AvgIpc) is 2.47. The maximum Gasteiger partial charge on any atom is 0.375 e. The van der Waals surface area contributed by atoms with Crippen LogP contribution in [0.1, 0.15) is 30.7 Å². The summed E-state index contributed by atoms with van der Waals surface area (Å²) in [7, 11) is 1.15. The Morgan fingerprint density at radius 3 is 2.53 bits per heavy atom. The number of rotatable bonds is 3. The molecule has 0 saturated heterocycles. The Bertz CT molecular complexity index is 492. The van der Waals surface area contributed by atoms with Crippen LogP contribution in [0.15, 0.2) is 30.3 Å². The van der Waals surface area contributed by atoms with Gasteiger partial charge in [-0.2, -0.15) is 0 Å². The van der Waals surface area contributed by atoms with Crippen molar-refractivity contribution in [2.45, 2.75) is 25.2 Å². The summed E-state index contributed by atoms with van der Waals surface area (Å²) >= 11 is 0. The van der Waals surface area contributed by atoms with E-state index in [2.05, 4.69) is 4.74 Å². The van der Waals surface area contributed by atoms with Crippen LogP contribution in [0.5, 0.6) is 0 Å². The van der Waals surface area contributed by atoms with Gasteiger partial charge in [-0.3, -0.25) is 9.59 Å². The third-order valence-corrected chi connectivity index (χ3v) is 3.62. The average molecular weight is 260 g/mol. The Labute approximate surface area is 111 Å². The van der Waals surface area contributed by atoms with Crippen molar-refractivity contribution in [1.82, 2.24) is 0 Å². The van der Waals surface area contributed by atoms with Gasteiger partial charge in [-0.1, -0.05) is 30.3 Å². The summed E-state index contributed by atoms with van der Waals surface area (Å²) in [6.45, 7) is 0. The van der Waals surface area contributed by atoms with Gasteiger partial charge in [0.2, 0.25) is 5.78 Å². The van der Waals surface area contributed by atoms with E-state index in [0.29, 0.717) is 12.8 Å². The fourth-order valence-corrected chi connectivity index (χ4v) is 2.55. The third-order valence-electron chi connectivity index (χ3n) is 3.62. The van der Waals surface area contributed by atoms with Crippen molar-refractivity contribution < 1.29 is 19.1 Å². The molecule has 2 unspecified atom stereocenters. The molecule has 0 heterocycles. The predicted molar refractivity (Wildman–Crippen MR) is 68.6 cm³/mol. The van der Waals surface area contributed by atoms with Crippen molar-refractivity contribution in [3.8, 4) is 0 Å². The lowest BCUT2D eigenvalue weighted by atomic mass is 9.75. The quantitative estimate of drug-likeness (QED) is 0.473.